The molecule has 124 valence electrons. The Hall–Kier alpha value is -1.53. The van der Waals surface area contributed by atoms with Gasteiger partial charge in [-0.3, -0.25) is 4.79 Å². The number of aromatic nitrogens is 2. The largest absolute Gasteiger partial charge is 0.375 e. The molecule has 0 saturated carbocycles. The van der Waals surface area contributed by atoms with Crippen molar-refractivity contribution < 1.29 is 9.53 Å². The Labute approximate surface area is 141 Å². The fourth-order valence-corrected chi connectivity index (χ4v) is 3.50. The molecule has 0 unspecified atom stereocenters. The van der Waals surface area contributed by atoms with Crippen LogP contribution in [0.25, 0.3) is 11.0 Å². The molecule has 2 heterocycles. The van der Waals surface area contributed by atoms with Gasteiger partial charge in [0.15, 0.2) is 0 Å². The van der Waals surface area contributed by atoms with E-state index < -0.39 is 0 Å². The maximum absolute atomic E-state index is 12.8. The maximum Gasteiger partial charge on any atom is 0.242 e. The number of amides is 1. The molecule has 2 atom stereocenters. The summed E-state index contributed by atoms with van der Waals surface area (Å²) in [5, 5.41) is 0. The molecule has 3 rings (SSSR count). The van der Waals surface area contributed by atoms with E-state index in [4.69, 9.17) is 4.74 Å². The van der Waals surface area contributed by atoms with Gasteiger partial charge in [0.1, 0.15) is 12.4 Å². The third-order valence-corrected chi connectivity index (χ3v) is 4.78. The van der Waals surface area contributed by atoms with Crippen LogP contribution in [-0.4, -0.2) is 51.9 Å². The molecule has 1 aromatic carbocycles. The molecule has 1 fully saturated rings. The van der Waals surface area contributed by atoms with Crippen molar-refractivity contribution in [3.63, 3.8) is 0 Å². The van der Waals surface area contributed by atoms with Gasteiger partial charge in [-0.1, -0.05) is 12.1 Å². The molecular weight excluding hydrogens is 310 g/mol. The van der Waals surface area contributed by atoms with Gasteiger partial charge in [-0.2, -0.15) is 11.8 Å². The van der Waals surface area contributed by atoms with E-state index in [1.54, 1.807) is 11.8 Å². The van der Waals surface area contributed by atoms with Gasteiger partial charge in [0.2, 0.25) is 5.91 Å². The summed E-state index contributed by atoms with van der Waals surface area (Å²) in [6.07, 6.45) is 2.15. The molecule has 0 bridgehead atoms. The molecule has 1 saturated heterocycles. The number of imidazole rings is 1. The zero-order valence-corrected chi connectivity index (χ0v) is 14.7. The van der Waals surface area contributed by atoms with Gasteiger partial charge in [-0.15, -0.1) is 0 Å². The highest BCUT2D eigenvalue weighted by molar-refractivity contribution is 7.97. The van der Waals surface area contributed by atoms with Crippen LogP contribution in [0.3, 0.4) is 0 Å². The quantitative estimate of drug-likeness (QED) is 0.863. The first kappa shape index (κ1) is 16.3. The van der Waals surface area contributed by atoms with Crippen molar-refractivity contribution in [3.05, 3.63) is 30.1 Å². The molecule has 23 heavy (non-hydrogen) atoms. The zero-order valence-electron chi connectivity index (χ0n) is 13.9. The lowest BCUT2D eigenvalue weighted by Gasteiger charge is -2.37. The van der Waals surface area contributed by atoms with Crippen LogP contribution in [0, 0.1) is 0 Å². The van der Waals surface area contributed by atoms with E-state index in [1.165, 1.54) is 0 Å². The number of hydrogen-bond donors (Lipinski definition) is 0. The van der Waals surface area contributed by atoms with E-state index in [1.807, 2.05) is 43.0 Å². The molecule has 0 spiro atoms. The van der Waals surface area contributed by atoms with Crippen LogP contribution in [0.4, 0.5) is 0 Å². The molecule has 0 N–H and O–H groups in total. The Bertz CT molecular complexity index is 700. The average molecular weight is 333 g/mol. The third-order valence-electron chi connectivity index (χ3n) is 4.23. The van der Waals surface area contributed by atoms with Gasteiger partial charge in [-0.05, 0) is 32.2 Å². The number of ether oxygens (including phenoxy) is 1. The number of carbonyl (C=O) groups excluding carboxylic acids is 1. The molecule has 1 aliphatic rings. The van der Waals surface area contributed by atoms with E-state index in [9.17, 15) is 4.79 Å². The van der Waals surface area contributed by atoms with Gasteiger partial charge in [-0.25, -0.2) is 4.98 Å². The molecule has 0 radical (unpaired) electrons. The normalized spacial score (nSPS) is 21.8. The average Bonchev–Trinajstić information content (AvgIpc) is 2.88. The van der Waals surface area contributed by atoms with Crippen LogP contribution < -0.4 is 0 Å². The second-order valence-corrected chi connectivity index (χ2v) is 6.94. The lowest BCUT2D eigenvalue weighted by atomic mass is 10.2. The molecule has 1 aromatic heterocycles. The molecule has 1 aliphatic heterocycles. The van der Waals surface area contributed by atoms with Crippen molar-refractivity contribution >= 4 is 28.7 Å². The van der Waals surface area contributed by atoms with Crippen LogP contribution in [0.15, 0.2) is 24.3 Å². The molecule has 1 amide bonds. The number of carbonyl (C=O) groups is 1. The molecular formula is C17H23N3O2S. The van der Waals surface area contributed by atoms with E-state index in [0.717, 1.165) is 22.6 Å². The Kier molecular flexibility index (Phi) is 4.92. The predicted octanol–water partition coefficient (Wildman–Crippen LogP) is 2.54. The summed E-state index contributed by atoms with van der Waals surface area (Å²) in [6, 6.07) is 8.13. The van der Waals surface area contributed by atoms with Gasteiger partial charge < -0.3 is 14.2 Å². The summed E-state index contributed by atoms with van der Waals surface area (Å²) in [4.78, 5) is 19.5. The SMILES string of the molecule is CSCc1nc2ccccc2n1CC(=O)N1C[C@@H](C)OC[C@@H]1C. The summed E-state index contributed by atoms with van der Waals surface area (Å²) in [6.45, 7) is 5.66. The lowest BCUT2D eigenvalue weighted by molar-refractivity contribution is -0.143. The predicted molar refractivity (Wildman–Crippen MR) is 93.5 cm³/mol. The first-order valence-corrected chi connectivity index (χ1v) is 9.33. The minimum atomic E-state index is 0.0975. The Morgan fingerprint density at radius 2 is 2.17 bits per heavy atom. The van der Waals surface area contributed by atoms with Crippen molar-refractivity contribution in [2.24, 2.45) is 0 Å². The number of benzene rings is 1. The number of para-hydroxylation sites is 2. The molecule has 0 aliphatic carbocycles. The number of thioether (sulfide) groups is 1. The highest BCUT2D eigenvalue weighted by Crippen LogP contribution is 2.20. The maximum atomic E-state index is 12.8. The molecule has 6 heteroatoms. The Balaban J connectivity index is 1.87. The first-order valence-electron chi connectivity index (χ1n) is 7.94. The first-order chi connectivity index (χ1) is 11.1. The van der Waals surface area contributed by atoms with Crippen LogP contribution >= 0.6 is 11.8 Å². The highest BCUT2D eigenvalue weighted by Gasteiger charge is 2.28. The van der Waals surface area contributed by atoms with Crippen LogP contribution in [0.5, 0.6) is 0 Å². The van der Waals surface area contributed by atoms with Crippen molar-refractivity contribution in [1.29, 1.82) is 0 Å². The number of fused-ring (bicyclic) bond motifs is 1. The van der Waals surface area contributed by atoms with Crippen molar-refractivity contribution in [2.75, 3.05) is 19.4 Å². The Morgan fingerprint density at radius 1 is 1.39 bits per heavy atom. The van der Waals surface area contributed by atoms with E-state index in [2.05, 4.69) is 15.8 Å². The van der Waals surface area contributed by atoms with Crippen molar-refractivity contribution in [3.8, 4) is 0 Å². The number of rotatable bonds is 4. The smallest absolute Gasteiger partial charge is 0.242 e. The minimum absolute atomic E-state index is 0.0975. The summed E-state index contributed by atoms with van der Waals surface area (Å²) in [5.74, 6) is 1.90. The minimum Gasteiger partial charge on any atom is -0.375 e. The zero-order chi connectivity index (χ0) is 16.4. The topological polar surface area (TPSA) is 47.4 Å². The van der Waals surface area contributed by atoms with Gasteiger partial charge in [0.05, 0.1) is 35.5 Å². The number of hydrogen-bond acceptors (Lipinski definition) is 4. The fraction of sp³-hybridized carbons (Fsp3) is 0.529. The van der Waals surface area contributed by atoms with E-state index in [-0.39, 0.29) is 18.1 Å². The second kappa shape index (κ2) is 6.93. The third kappa shape index (κ3) is 3.38. The standard InChI is InChI=1S/C17H23N3O2S/c1-12-10-22-13(2)8-19(12)17(21)9-20-15-7-5-4-6-14(15)18-16(20)11-23-3/h4-7,12-13H,8-11H2,1-3H3/t12-,13+/m0/s1. The van der Waals surface area contributed by atoms with E-state index >= 15 is 0 Å². The van der Waals surface area contributed by atoms with Gasteiger partial charge >= 0.3 is 0 Å². The summed E-state index contributed by atoms with van der Waals surface area (Å²) in [5.41, 5.74) is 1.98. The number of morpholine rings is 1. The van der Waals surface area contributed by atoms with E-state index in [0.29, 0.717) is 19.7 Å². The van der Waals surface area contributed by atoms with Gasteiger partial charge in [0.25, 0.3) is 0 Å². The monoisotopic (exact) mass is 333 g/mol. The van der Waals surface area contributed by atoms with Crippen LogP contribution in [-0.2, 0) is 21.8 Å². The second-order valence-electron chi connectivity index (χ2n) is 6.07. The van der Waals surface area contributed by atoms with Crippen LogP contribution in [0.1, 0.15) is 19.7 Å². The van der Waals surface area contributed by atoms with Gasteiger partial charge in [0, 0.05) is 6.54 Å². The Morgan fingerprint density at radius 3 is 2.96 bits per heavy atom. The summed E-state index contributed by atoms with van der Waals surface area (Å²) >= 11 is 1.72. The summed E-state index contributed by atoms with van der Waals surface area (Å²) < 4.78 is 7.68. The van der Waals surface area contributed by atoms with Crippen molar-refractivity contribution in [1.82, 2.24) is 14.5 Å². The molecule has 5 nitrogen and oxygen atoms in total. The summed E-state index contributed by atoms with van der Waals surface area (Å²) in [7, 11) is 0. The number of nitrogens with zero attached hydrogens (tertiary/aromatic N) is 3. The fourth-order valence-electron chi connectivity index (χ4n) is 3.02. The van der Waals surface area contributed by atoms with Crippen molar-refractivity contribution in [2.45, 2.75) is 38.3 Å². The highest BCUT2D eigenvalue weighted by atomic mass is 32.2. The van der Waals surface area contributed by atoms with Crippen LogP contribution in [0.2, 0.25) is 0 Å². The molecule has 2 aromatic rings. The lowest BCUT2D eigenvalue weighted by Crippen LogP contribution is -2.51.